The van der Waals surface area contributed by atoms with Crippen molar-refractivity contribution in [1.82, 2.24) is 0 Å². The Balaban J connectivity index is 0.000000360. The van der Waals surface area contributed by atoms with Crippen molar-refractivity contribution < 1.29 is 19.5 Å². The predicted molar refractivity (Wildman–Crippen MR) is 32.0 cm³/mol. The average molecular weight is 228 g/mol. The molecule has 1 rings (SSSR count). The van der Waals surface area contributed by atoms with Crippen molar-refractivity contribution in [2.45, 2.75) is 0 Å². The molecule has 0 radical (unpaired) electrons. The Labute approximate surface area is 67.8 Å². The SMILES string of the molecule is Brc1cccs1.[Zn]. The van der Waals surface area contributed by atoms with Crippen molar-refractivity contribution in [3.8, 4) is 0 Å². The summed E-state index contributed by atoms with van der Waals surface area (Å²) in [6, 6.07) is 4.03. The van der Waals surface area contributed by atoms with Crippen LogP contribution >= 0.6 is 27.3 Å². The Kier molecular flexibility index (Phi) is 4.19. The molecule has 0 aromatic carbocycles. The van der Waals surface area contributed by atoms with Crippen molar-refractivity contribution in [2.75, 3.05) is 0 Å². The van der Waals surface area contributed by atoms with Crippen LogP contribution in [0.3, 0.4) is 0 Å². The summed E-state index contributed by atoms with van der Waals surface area (Å²) in [7, 11) is 0. The number of rotatable bonds is 0. The first-order valence-electron chi connectivity index (χ1n) is 1.58. The zero-order valence-corrected chi connectivity index (χ0v) is 9.09. The van der Waals surface area contributed by atoms with Gasteiger partial charge in [-0.2, -0.15) is 0 Å². The van der Waals surface area contributed by atoms with E-state index in [2.05, 4.69) is 15.9 Å². The number of hydrogen-bond acceptors (Lipinski definition) is 1. The summed E-state index contributed by atoms with van der Waals surface area (Å²) in [6.07, 6.45) is 0. The molecule has 34 valence electrons. The molecule has 0 saturated carbocycles. The van der Waals surface area contributed by atoms with Gasteiger partial charge < -0.3 is 0 Å². The summed E-state index contributed by atoms with van der Waals surface area (Å²) in [6.45, 7) is 0. The summed E-state index contributed by atoms with van der Waals surface area (Å²) in [5.74, 6) is 0. The van der Waals surface area contributed by atoms with Crippen LogP contribution in [0, 0.1) is 0 Å². The minimum Gasteiger partial charge on any atom is -0.137 e. The van der Waals surface area contributed by atoms with Gasteiger partial charge in [-0.1, -0.05) is 6.07 Å². The van der Waals surface area contributed by atoms with Crippen LogP contribution in [0.15, 0.2) is 21.3 Å². The first-order chi connectivity index (χ1) is 2.89. The molecule has 0 atom stereocenters. The Morgan fingerprint density at radius 2 is 2.29 bits per heavy atom. The third-order valence-electron chi connectivity index (χ3n) is 0.486. The molecule has 0 aliphatic carbocycles. The van der Waals surface area contributed by atoms with Gasteiger partial charge in [0.15, 0.2) is 0 Å². The third kappa shape index (κ3) is 2.58. The van der Waals surface area contributed by atoms with Gasteiger partial charge in [0.25, 0.3) is 0 Å². The summed E-state index contributed by atoms with van der Waals surface area (Å²) in [4.78, 5) is 0. The summed E-state index contributed by atoms with van der Waals surface area (Å²) in [5, 5.41) is 2.03. The fourth-order valence-corrected chi connectivity index (χ4v) is 1.18. The van der Waals surface area contributed by atoms with Crippen molar-refractivity contribution in [3.63, 3.8) is 0 Å². The maximum atomic E-state index is 3.30. The van der Waals surface area contributed by atoms with Crippen molar-refractivity contribution >= 4 is 27.3 Å². The molecule has 3 heteroatoms. The van der Waals surface area contributed by atoms with E-state index < -0.39 is 0 Å². The van der Waals surface area contributed by atoms with Gasteiger partial charge in [-0.3, -0.25) is 0 Å². The largest absolute Gasteiger partial charge is 0.137 e. The molecule has 0 aliphatic rings. The Hall–Kier alpha value is 0.803. The summed E-state index contributed by atoms with van der Waals surface area (Å²) in [5.41, 5.74) is 0. The van der Waals surface area contributed by atoms with E-state index in [1.165, 1.54) is 3.79 Å². The molecule has 0 amide bonds. The van der Waals surface area contributed by atoms with E-state index in [1.54, 1.807) is 11.3 Å². The van der Waals surface area contributed by atoms with Gasteiger partial charge in [0, 0.05) is 19.5 Å². The molecule has 1 heterocycles. The summed E-state index contributed by atoms with van der Waals surface area (Å²) >= 11 is 4.99. The summed E-state index contributed by atoms with van der Waals surface area (Å²) < 4.78 is 1.20. The van der Waals surface area contributed by atoms with Gasteiger partial charge in [0.05, 0.1) is 3.79 Å². The third-order valence-corrected chi connectivity index (χ3v) is 1.97. The molecule has 0 aliphatic heterocycles. The Morgan fingerprint density at radius 1 is 1.57 bits per heavy atom. The smallest absolute Gasteiger partial charge is 0.0698 e. The van der Waals surface area contributed by atoms with Crippen LogP contribution in [0.5, 0.6) is 0 Å². The van der Waals surface area contributed by atoms with E-state index in [4.69, 9.17) is 0 Å². The molecule has 0 N–H and O–H groups in total. The predicted octanol–water partition coefficient (Wildman–Crippen LogP) is 2.51. The Morgan fingerprint density at radius 3 is 2.43 bits per heavy atom. The van der Waals surface area contributed by atoms with Gasteiger partial charge in [0.1, 0.15) is 0 Å². The van der Waals surface area contributed by atoms with E-state index in [9.17, 15) is 0 Å². The molecule has 0 spiro atoms. The standard InChI is InChI=1S/C4H3BrS.Zn/c5-4-2-1-3-6-4;/h1-3H;. The first kappa shape index (κ1) is 7.80. The van der Waals surface area contributed by atoms with E-state index in [0.29, 0.717) is 0 Å². The zero-order chi connectivity index (χ0) is 4.41. The van der Waals surface area contributed by atoms with Crippen LogP contribution in [-0.2, 0) is 19.5 Å². The normalized spacial score (nSPS) is 7.57. The molecular weight excluding hydrogens is 225 g/mol. The number of hydrogen-bond donors (Lipinski definition) is 0. The first-order valence-corrected chi connectivity index (χ1v) is 3.26. The topological polar surface area (TPSA) is 0 Å². The number of halogens is 1. The molecule has 0 saturated heterocycles. The van der Waals surface area contributed by atoms with Crippen LogP contribution in [0.25, 0.3) is 0 Å². The average Bonchev–Trinajstić information content (AvgIpc) is 1.86. The van der Waals surface area contributed by atoms with Crippen molar-refractivity contribution in [1.29, 1.82) is 0 Å². The van der Waals surface area contributed by atoms with Crippen LogP contribution in [-0.4, -0.2) is 0 Å². The zero-order valence-electron chi connectivity index (χ0n) is 3.73. The molecule has 0 unspecified atom stereocenters. The van der Waals surface area contributed by atoms with Crippen molar-refractivity contribution in [2.24, 2.45) is 0 Å². The maximum absolute atomic E-state index is 3.30. The second kappa shape index (κ2) is 3.76. The molecule has 1 aromatic rings. The molecular formula is C4H3BrSZn. The fourth-order valence-electron chi connectivity index (χ4n) is 0.259. The Bertz CT molecular complexity index is 115. The van der Waals surface area contributed by atoms with Gasteiger partial charge in [0.2, 0.25) is 0 Å². The van der Waals surface area contributed by atoms with Gasteiger partial charge in [-0.15, -0.1) is 11.3 Å². The van der Waals surface area contributed by atoms with Crippen LogP contribution in [0.2, 0.25) is 0 Å². The van der Waals surface area contributed by atoms with Crippen LogP contribution in [0.4, 0.5) is 0 Å². The molecule has 1 aromatic heterocycles. The second-order valence-corrected chi connectivity index (χ2v) is 3.24. The van der Waals surface area contributed by atoms with E-state index in [-0.39, 0.29) is 19.5 Å². The number of thiophene rings is 1. The van der Waals surface area contributed by atoms with Crippen LogP contribution in [0.1, 0.15) is 0 Å². The van der Waals surface area contributed by atoms with Crippen molar-refractivity contribution in [3.05, 3.63) is 21.3 Å². The van der Waals surface area contributed by atoms with Gasteiger partial charge in [-0.25, -0.2) is 0 Å². The molecule has 0 fully saturated rings. The minimum atomic E-state index is 0. The quantitative estimate of drug-likeness (QED) is 0.599. The maximum Gasteiger partial charge on any atom is 0.0698 e. The molecule has 7 heavy (non-hydrogen) atoms. The monoisotopic (exact) mass is 226 g/mol. The molecule has 0 nitrogen and oxygen atoms in total. The fraction of sp³-hybridized carbons (Fsp3) is 0. The van der Waals surface area contributed by atoms with Gasteiger partial charge in [-0.05, 0) is 27.4 Å². The second-order valence-electron chi connectivity index (χ2n) is 0.917. The van der Waals surface area contributed by atoms with E-state index >= 15 is 0 Å². The van der Waals surface area contributed by atoms with E-state index in [1.807, 2.05) is 17.5 Å². The molecule has 0 bridgehead atoms. The van der Waals surface area contributed by atoms with Crippen LogP contribution < -0.4 is 0 Å². The van der Waals surface area contributed by atoms with E-state index in [0.717, 1.165) is 0 Å². The minimum absolute atomic E-state index is 0. The van der Waals surface area contributed by atoms with Gasteiger partial charge >= 0.3 is 0 Å².